The van der Waals surface area contributed by atoms with E-state index in [-0.39, 0.29) is 11.8 Å². The summed E-state index contributed by atoms with van der Waals surface area (Å²) in [4.78, 5) is 11.3. The van der Waals surface area contributed by atoms with Crippen LogP contribution in [-0.2, 0) is 4.79 Å². The van der Waals surface area contributed by atoms with Crippen molar-refractivity contribution in [3.05, 3.63) is 78.4 Å². The van der Waals surface area contributed by atoms with Crippen LogP contribution < -0.4 is 10.1 Å². The van der Waals surface area contributed by atoms with Crippen molar-refractivity contribution in [1.29, 1.82) is 0 Å². The highest BCUT2D eigenvalue weighted by molar-refractivity contribution is 5.73. The quantitative estimate of drug-likeness (QED) is 0.863. The summed E-state index contributed by atoms with van der Waals surface area (Å²) in [6, 6.07) is 7.91. The number of carbonyl (C=O) groups is 1. The van der Waals surface area contributed by atoms with Crippen molar-refractivity contribution in [2.45, 2.75) is 12.8 Å². The van der Waals surface area contributed by atoms with Crippen molar-refractivity contribution in [3.8, 4) is 5.75 Å². The van der Waals surface area contributed by atoms with Gasteiger partial charge in [-0.15, -0.1) is 0 Å². The summed E-state index contributed by atoms with van der Waals surface area (Å²) in [6.45, 7) is 10.3. The molecule has 22 heavy (non-hydrogen) atoms. The van der Waals surface area contributed by atoms with E-state index in [9.17, 15) is 4.79 Å². The fourth-order valence-electron chi connectivity index (χ4n) is 2.50. The molecule has 0 saturated carbocycles. The van der Waals surface area contributed by atoms with E-state index in [0.717, 1.165) is 22.5 Å². The van der Waals surface area contributed by atoms with Crippen molar-refractivity contribution in [3.63, 3.8) is 0 Å². The molecule has 2 rings (SSSR count). The van der Waals surface area contributed by atoms with Crippen molar-refractivity contribution in [2.24, 2.45) is 0 Å². The van der Waals surface area contributed by atoms with Crippen LogP contribution in [0.1, 0.15) is 18.4 Å². The molecular weight excluding hydrogens is 274 g/mol. The maximum atomic E-state index is 11.3. The van der Waals surface area contributed by atoms with Crippen LogP contribution in [0, 0.1) is 0 Å². The van der Waals surface area contributed by atoms with Crippen LogP contribution in [0.4, 0.5) is 0 Å². The van der Waals surface area contributed by atoms with Gasteiger partial charge < -0.3 is 10.1 Å². The lowest BCUT2D eigenvalue weighted by molar-refractivity contribution is -0.118. The number of fused-ring (bicyclic) bond motifs is 1. The Balaban J connectivity index is 2.45. The van der Waals surface area contributed by atoms with Crippen LogP contribution in [0.25, 0.3) is 0 Å². The minimum Gasteiger partial charge on any atom is -0.489 e. The summed E-state index contributed by atoms with van der Waals surface area (Å²) in [5, 5.41) is 2.90. The third kappa shape index (κ3) is 3.76. The number of hydrogen-bond donors (Lipinski definition) is 1. The van der Waals surface area contributed by atoms with E-state index in [4.69, 9.17) is 4.74 Å². The van der Waals surface area contributed by atoms with E-state index in [1.807, 2.05) is 42.5 Å². The Morgan fingerprint density at radius 3 is 2.91 bits per heavy atom. The molecule has 1 atom stereocenters. The second kappa shape index (κ2) is 7.46. The Labute approximate surface area is 131 Å². The third-order valence-electron chi connectivity index (χ3n) is 3.56. The van der Waals surface area contributed by atoms with Crippen LogP contribution in [0.2, 0.25) is 0 Å². The number of amides is 1. The Bertz CT molecular complexity index is 641. The van der Waals surface area contributed by atoms with Gasteiger partial charge in [0.05, 0.1) is 0 Å². The molecule has 0 spiro atoms. The lowest BCUT2D eigenvalue weighted by atomic mass is 9.87. The van der Waals surface area contributed by atoms with Crippen LogP contribution >= 0.6 is 0 Å². The molecule has 3 heteroatoms. The standard InChI is InChI=1S/C19H21NO2/c1-4-5-6-9-16-14(2)13-22-19-11-8-7-10-17(19)18(16)12-20-15(3)21/h4-11,18H,1-2,12-13H2,3H3,(H,20,21)/b6-5-,16-9+. The Morgan fingerprint density at radius 2 is 2.18 bits per heavy atom. The van der Waals surface area contributed by atoms with Gasteiger partial charge in [0.25, 0.3) is 0 Å². The lowest BCUT2D eigenvalue weighted by Crippen LogP contribution is -2.27. The highest BCUT2D eigenvalue weighted by Crippen LogP contribution is 2.37. The topological polar surface area (TPSA) is 38.3 Å². The van der Waals surface area contributed by atoms with Crippen molar-refractivity contribution in [2.75, 3.05) is 13.2 Å². The number of carbonyl (C=O) groups excluding carboxylic acids is 1. The van der Waals surface area contributed by atoms with Crippen molar-refractivity contribution >= 4 is 5.91 Å². The Kier molecular flexibility index (Phi) is 5.37. The van der Waals surface area contributed by atoms with Gasteiger partial charge in [-0.25, -0.2) is 0 Å². The predicted octanol–water partition coefficient (Wildman–Crippen LogP) is 3.52. The molecule has 0 aromatic heterocycles. The summed E-state index contributed by atoms with van der Waals surface area (Å²) >= 11 is 0. The molecule has 1 unspecified atom stereocenters. The van der Waals surface area contributed by atoms with Gasteiger partial charge in [0.2, 0.25) is 5.91 Å². The van der Waals surface area contributed by atoms with E-state index in [2.05, 4.69) is 18.5 Å². The molecule has 1 aromatic rings. The summed E-state index contributed by atoms with van der Waals surface area (Å²) in [5.74, 6) is 0.814. The molecule has 1 heterocycles. The first kappa shape index (κ1) is 15.8. The number of rotatable bonds is 4. The second-order valence-corrected chi connectivity index (χ2v) is 5.16. The van der Waals surface area contributed by atoms with Gasteiger partial charge in [-0.3, -0.25) is 4.79 Å². The highest BCUT2D eigenvalue weighted by Gasteiger charge is 2.25. The number of nitrogens with one attached hydrogen (secondary N) is 1. The van der Waals surface area contributed by atoms with Crippen LogP contribution in [0.3, 0.4) is 0 Å². The molecule has 0 radical (unpaired) electrons. The van der Waals surface area contributed by atoms with Gasteiger partial charge in [-0.2, -0.15) is 0 Å². The third-order valence-corrected chi connectivity index (χ3v) is 3.56. The summed E-state index contributed by atoms with van der Waals surface area (Å²) < 4.78 is 5.84. The van der Waals surface area contributed by atoms with Crippen LogP contribution in [-0.4, -0.2) is 19.1 Å². The maximum Gasteiger partial charge on any atom is 0.216 e. The number of benzene rings is 1. The van der Waals surface area contributed by atoms with Crippen molar-refractivity contribution in [1.82, 2.24) is 5.32 Å². The smallest absolute Gasteiger partial charge is 0.216 e. The molecule has 0 bridgehead atoms. The van der Waals surface area contributed by atoms with E-state index in [0.29, 0.717) is 13.2 Å². The van der Waals surface area contributed by atoms with Crippen LogP contribution in [0.15, 0.2) is 72.9 Å². The monoisotopic (exact) mass is 295 g/mol. The summed E-state index contributed by atoms with van der Waals surface area (Å²) in [6.07, 6.45) is 7.54. The average Bonchev–Trinajstić information content (AvgIpc) is 2.64. The molecule has 114 valence electrons. The molecule has 3 nitrogen and oxygen atoms in total. The maximum absolute atomic E-state index is 11.3. The van der Waals surface area contributed by atoms with E-state index in [1.54, 1.807) is 6.08 Å². The fraction of sp³-hybridized carbons (Fsp3) is 0.211. The molecular formula is C19H21NO2. The lowest BCUT2D eigenvalue weighted by Gasteiger charge is -2.20. The zero-order chi connectivity index (χ0) is 15.9. The SMILES string of the molecule is C=C/C=C\C=C1/C(=C)COc2ccccc2C1CNC(C)=O. The van der Waals surface area contributed by atoms with E-state index < -0.39 is 0 Å². The minimum absolute atomic E-state index is 0.0181. The molecule has 1 aliphatic rings. The van der Waals surface area contributed by atoms with Gasteiger partial charge in [-0.1, -0.05) is 55.7 Å². The average molecular weight is 295 g/mol. The van der Waals surface area contributed by atoms with Gasteiger partial charge in [0, 0.05) is 24.9 Å². The van der Waals surface area contributed by atoms with Gasteiger partial charge >= 0.3 is 0 Å². The fourth-order valence-corrected chi connectivity index (χ4v) is 2.50. The van der Waals surface area contributed by atoms with Crippen molar-refractivity contribution < 1.29 is 9.53 Å². The molecule has 1 aromatic carbocycles. The molecule has 1 amide bonds. The highest BCUT2D eigenvalue weighted by atomic mass is 16.5. The van der Waals surface area contributed by atoms with E-state index in [1.165, 1.54) is 6.92 Å². The molecule has 1 aliphatic heterocycles. The summed E-state index contributed by atoms with van der Waals surface area (Å²) in [7, 11) is 0. The normalized spacial score (nSPS) is 19.4. The predicted molar refractivity (Wildman–Crippen MR) is 89.9 cm³/mol. The first-order chi connectivity index (χ1) is 10.6. The molecule has 0 fully saturated rings. The van der Waals surface area contributed by atoms with Gasteiger partial charge in [0.15, 0.2) is 0 Å². The van der Waals surface area contributed by atoms with E-state index >= 15 is 0 Å². The van der Waals surface area contributed by atoms with Crippen LogP contribution in [0.5, 0.6) is 5.75 Å². The first-order valence-corrected chi connectivity index (χ1v) is 7.27. The molecule has 0 aliphatic carbocycles. The molecule has 0 saturated heterocycles. The second-order valence-electron chi connectivity index (χ2n) is 5.16. The largest absolute Gasteiger partial charge is 0.489 e. The Hall–Kier alpha value is -2.55. The number of allylic oxidation sites excluding steroid dienone is 4. The minimum atomic E-state index is -0.0470. The zero-order valence-electron chi connectivity index (χ0n) is 12.8. The molecule has 1 N–H and O–H groups in total. The summed E-state index contributed by atoms with van der Waals surface area (Å²) in [5.41, 5.74) is 3.05. The van der Waals surface area contributed by atoms with Gasteiger partial charge in [-0.05, 0) is 17.2 Å². The number of hydrogen-bond acceptors (Lipinski definition) is 2. The number of para-hydroxylation sites is 1. The number of ether oxygens (including phenoxy) is 1. The first-order valence-electron chi connectivity index (χ1n) is 7.27. The Morgan fingerprint density at radius 1 is 1.41 bits per heavy atom. The van der Waals surface area contributed by atoms with Gasteiger partial charge in [0.1, 0.15) is 12.4 Å². The zero-order valence-corrected chi connectivity index (χ0v) is 12.8.